The first-order chi connectivity index (χ1) is 11.0. The Morgan fingerprint density at radius 1 is 1.48 bits per heavy atom. The maximum Gasteiger partial charge on any atom is 0.230 e. The lowest BCUT2D eigenvalue weighted by atomic mass is 9.99. The number of likely N-dealkylation sites (tertiary alicyclic amines) is 1. The van der Waals surface area contributed by atoms with Crippen LogP contribution in [-0.4, -0.2) is 27.5 Å². The van der Waals surface area contributed by atoms with E-state index in [-0.39, 0.29) is 17.9 Å². The van der Waals surface area contributed by atoms with Crippen LogP contribution in [-0.2, 0) is 11.2 Å². The second-order valence-corrected chi connectivity index (χ2v) is 6.18. The summed E-state index contributed by atoms with van der Waals surface area (Å²) < 4.78 is 10.8. The van der Waals surface area contributed by atoms with Gasteiger partial charge in [-0.3, -0.25) is 4.79 Å². The molecule has 0 spiro atoms. The van der Waals surface area contributed by atoms with Crippen molar-refractivity contribution in [1.82, 2.24) is 15.0 Å². The summed E-state index contributed by atoms with van der Waals surface area (Å²) in [7, 11) is 0. The fourth-order valence-corrected chi connectivity index (χ4v) is 3.31. The Morgan fingerprint density at radius 3 is 2.87 bits per heavy atom. The van der Waals surface area contributed by atoms with Gasteiger partial charge in [-0.25, -0.2) is 0 Å². The van der Waals surface area contributed by atoms with Crippen LogP contribution in [0.5, 0.6) is 0 Å². The lowest BCUT2D eigenvalue weighted by Crippen LogP contribution is -2.34. The second kappa shape index (κ2) is 6.18. The molecule has 23 heavy (non-hydrogen) atoms. The van der Waals surface area contributed by atoms with Crippen molar-refractivity contribution in [2.24, 2.45) is 0 Å². The van der Waals surface area contributed by atoms with E-state index in [1.165, 1.54) is 0 Å². The molecule has 1 aliphatic heterocycles. The van der Waals surface area contributed by atoms with Crippen molar-refractivity contribution in [1.29, 1.82) is 0 Å². The summed E-state index contributed by atoms with van der Waals surface area (Å²) in [6.45, 7) is 8.45. The third kappa shape index (κ3) is 2.90. The van der Waals surface area contributed by atoms with Gasteiger partial charge in [0.1, 0.15) is 11.5 Å². The van der Waals surface area contributed by atoms with Gasteiger partial charge in [0.2, 0.25) is 11.8 Å². The van der Waals surface area contributed by atoms with E-state index in [1.807, 2.05) is 38.7 Å². The molecule has 6 nitrogen and oxygen atoms in total. The average Bonchev–Trinajstić information content (AvgIpc) is 3.23. The zero-order chi connectivity index (χ0) is 16.6. The molecule has 0 radical (unpaired) electrons. The summed E-state index contributed by atoms with van der Waals surface area (Å²) in [6, 6.07) is 1.87. The molecule has 1 amide bonds. The maximum atomic E-state index is 13.0. The molecule has 0 aromatic carbocycles. The molecule has 1 fully saturated rings. The van der Waals surface area contributed by atoms with Gasteiger partial charge >= 0.3 is 0 Å². The van der Waals surface area contributed by atoms with Gasteiger partial charge in [-0.05, 0) is 39.7 Å². The first-order valence-electron chi connectivity index (χ1n) is 8.21. The molecule has 0 unspecified atom stereocenters. The smallest absolute Gasteiger partial charge is 0.230 e. The summed E-state index contributed by atoms with van der Waals surface area (Å²) in [5.41, 5.74) is 0.959. The van der Waals surface area contributed by atoms with Gasteiger partial charge in [0.05, 0.1) is 12.0 Å². The molecule has 0 bridgehead atoms. The number of aromatic nitrogens is 2. The lowest BCUT2D eigenvalue weighted by Gasteiger charge is -2.25. The molecule has 2 aromatic heterocycles. The van der Waals surface area contributed by atoms with Crippen LogP contribution in [0.15, 0.2) is 15.0 Å². The van der Waals surface area contributed by atoms with Gasteiger partial charge in [-0.15, -0.1) is 0 Å². The number of rotatable bonds is 4. The average molecular weight is 317 g/mol. The van der Waals surface area contributed by atoms with Crippen molar-refractivity contribution in [3.8, 4) is 0 Å². The molecule has 3 heterocycles. The molecule has 0 saturated carbocycles. The molecular formula is C17H23N3O3. The van der Waals surface area contributed by atoms with Crippen LogP contribution in [0.3, 0.4) is 0 Å². The van der Waals surface area contributed by atoms with E-state index in [0.29, 0.717) is 18.1 Å². The number of furan rings is 1. The molecule has 1 saturated heterocycles. The van der Waals surface area contributed by atoms with Crippen molar-refractivity contribution in [2.75, 3.05) is 6.54 Å². The van der Waals surface area contributed by atoms with Crippen LogP contribution in [0.1, 0.15) is 67.4 Å². The van der Waals surface area contributed by atoms with Crippen LogP contribution < -0.4 is 0 Å². The Bertz CT molecular complexity index is 704. The molecule has 0 N–H and O–H groups in total. The van der Waals surface area contributed by atoms with Gasteiger partial charge in [-0.2, -0.15) is 4.98 Å². The Balaban J connectivity index is 1.81. The summed E-state index contributed by atoms with van der Waals surface area (Å²) >= 11 is 0. The molecule has 124 valence electrons. The van der Waals surface area contributed by atoms with Gasteiger partial charge in [-0.1, -0.05) is 12.1 Å². The Labute approximate surface area is 135 Å². The molecule has 2 atom stereocenters. The van der Waals surface area contributed by atoms with Crippen LogP contribution in [0, 0.1) is 13.8 Å². The van der Waals surface area contributed by atoms with Gasteiger partial charge in [0.15, 0.2) is 5.82 Å². The molecular weight excluding hydrogens is 294 g/mol. The highest BCUT2D eigenvalue weighted by atomic mass is 16.5. The van der Waals surface area contributed by atoms with Gasteiger partial charge in [0.25, 0.3) is 0 Å². The van der Waals surface area contributed by atoms with Gasteiger partial charge < -0.3 is 13.8 Å². The number of hydrogen-bond donors (Lipinski definition) is 0. The standard InChI is InChI=1S/C17H23N3O3/c1-5-15-18-16(19-23-15)14-7-6-8-20(14)17(21)11(3)13-9-10(2)22-12(13)4/h9,11,14H,5-8H2,1-4H3/t11-,14+/m1/s1. The zero-order valence-electron chi connectivity index (χ0n) is 14.1. The van der Waals surface area contributed by atoms with Crippen LogP contribution in [0.25, 0.3) is 0 Å². The second-order valence-electron chi connectivity index (χ2n) is 6.18. The normalized spacial score (nSPS) is 19.3. The third-order valence-corrected chi connectivity index (χ3v) is 4.54. The fraction of sp³-hybridized carbons (Fsp3) is 0.588. The first-order valence-corrected chi connectivity index (χ1v) is 8.21. The summed E-state index contributed by atoms with van der Waals surface area (Å²) in [5, 5.41) is 4.06. The van der Waals surface area contributed by atoms with Crippen LogP contribution in [0.2, 0.25) is 0 Å². The van der Waals surface area contributed by atoms with Crippen LogP contribution >= 0.6 is 0 Å². The van der Waals surface area contributed by atoms with Crippen molar-refractivity contribution >= 4 is 5.91 Å². The minimum atomic E-state index is -0.231. The van der Waals surface area contributed by atoms with E-state index in [1.54, 1.807) is 0 Å². The zero-order valence-corrected chi connectivity index (χ0v) is 14.1. The number of carbonyl (C=O) groups excluding carboxylic acids is 1. The van der Waals surface area contributed by atoms with Crippen molar-refractivity contribution in [3.63, 3.8) is 0 Å². The number of carbonyl (C=O) groups is 1. The van der Waals surface area contributed by atoms with E-state index in [0.717, 1.165) is 36.5 Å². The Morgan fingerprint density at radius 2 is 2.26 bits per heavy atom. The number of amides is 1. The number of hydrogen-bond acceptors (Lipinski definition) is 5. The first kappa shape index (κ1) is 15.8. The third-order valence-electron chi connectivity index (χ3n) is 4.54. The summed E-state index contributed by atoms with van der Waals surface area (Å²) in [4.78, 5) is 19.3. The van der Waals surface area contributed by atoms with Crippen molar-refractivity contribution < 1.29 is 13.7 Å². The summed E-state index contributed by atoms with van der Waals surface area (Å²) in [6.07, 6.45) is 2.55. The maximum absolute atomic E-state index is 13.0. The molecule has 1 aliphatic rings. The van der Waals surface area contributed by atoms with Crippen LogP contribution in [0.4, 0.5) is 0 Å². The SMILES string of the molecule is CCc1nc([C@@H]2CCCN2C(=O)[C@H](C)c2cc(C)oc2C)no1. The molecule has 0 aliphatic carbocycles. The molecule has 2 aromatic rings. The van der Waals surface area contributed by atoms with E-state index in [4.69, 9.17) is 8.94 Å². The van der Waals surface area contributed by atoms with E-state index in [2.05, 4.69) is 10.1 Å². The Kier molecular flexibility index (Phi) is 4.24. The molecule has 3 rings (SSSR count). The van der Waals surface area contributed by atoms with Gasteiger partial charge in [0, 0.05) is 18.5 Å². The highest BCUT2D eigenvalue weighted by molar-refractivity contribution is 5.84. The predicted molar refractivity (Wildman–Crippen MR) is 84.0 cm³/mol. The van der Waals surface area contributed by atoms with Crippen molar-refractivity contribution in [2.45, 2.75) is 58.9 Å². The van der Waals surface area contributed by atoms with E-state index in [9.17, 15) is 4.79 Å². The minimum absolute atomic E-state index is 0.0812. The topological polar surface area (TPSA) is 72.4 Å². The highest BCUT2D eigenvalue weighted by Crippen LogP contribution is 2.34. The number of aryl methyl sites for hydroxylation is 3. The van der Waals surface area contributed by atoms with E-state index < -0.39 is 0 Å². The van der Waals surface area contributed by atoms with E-state index >= 15 is 0 Å². The molecule has 6 heteroatoms. The van der Waals surface area contributed by atoms with Crippen molar-refractivity contribution in [3.05, 3.63) is 34.9 Å². The minimum Gasteiger partial charge on any atom is -0.466 e. The Hall–Kier alpha value is -2.11. The lowest BCUT2D eigenvalue weighted by molar-refractivity contribution is -0.133. The summed E-state index contributed by atoms with van der Waals surface area (Å²) in [5.74, 6) is 2.76. The predicted octanol–water partition coefficient (Wildman–Crippen LogP) is 3.31. The quantitative estimate of drug-likeness (QED) is 0.865. The fourth-order valence-electron chi connectivity index (χ4n) is 3.31. The highest BCUT2D eigenvalue weighted by Gasteiger charge is 2.36. The largest absolute Gasteiger partial charge is 0.466 e. The number of nitrogens with zero attached hydrogens (tertiary/aromatic N) is 3. The monoisotopic (exact) mass is 317 g/mol.